The number of nitrogens with one attached hydrogen (secondary N) is 1. The van der Waals surface area contributed by atoms with Gasteiger partial charge in [0.1, 0.15) is 10.1 Å². The summed E-state index contributed by atoms with van der Waals surface area (Å²) in [5, 5.41) is 11.2. The Hall–Kier alpha value is 0.850. The molecule has 2 unspecified atom stereocenters. The van der Waals surface area contributed by atoms with Crippen molar-refractivity contribution >= 4 is 22.0 Å². The molecule has 32 heavy (non-hydrogen) atoms. The van der Waals surface area contributed by atoms with Crippen LogP contribution in [0.1, 0.15) is 117 Å². The van der Waals surface area contributed by atoms with Gasteiger partial charge in [0.15, 0.2) is 0 Å². The fourth-order valence-electron chi connectivity index (χ4n) is 3.63. The van der Waals surface area contributed by atoms with Crippen molar-refractivity contribution in [2.24, 2.45) is 0 Å². The normalized spacial score (nSPS) is 12.8. The molecule has 0 aliphatic carbocycles. The van der Waals surface area contributed by atoms with Crippen LogP contribution in [0.25, 0.3) is 0 Å². The first kappa shape index (κ1) is 37.4. The quantitative estimate of drug-likeness (QED) is 0.113. The van der Waals surface area contributed by atoms with Crippen molar-refractivity contribution in [3.8, 4) is 0 Å². The van der Waals surface area contributed by atoms with Crippen LogP contribution < -0.4 is 69.5 Å². The van der Waals surface area contributed by atoms with Crippen LogP contribution in [-0.4, -0.2) is 36.1 Å². The summed E-state index contributed by atoms with van der Waals surface area (Å²) in [6, 6.07) is -0.137. The second kappa shape index (κ2) is 23.6. The van der Waals surface area contributed by atoms with Crippen LogP contribution >= 0.6 is 0 Å². The average molecular weight is 494 g/mol. The number of hydrogen-bond acceptors (Lipinski definition) is 6. The van der Waals surface area contributed by atoms with Gasteiger partial charge in [-0.3, -0.25) is 4.79 Å². The topological polar surface area (TPSA) is 126 Å². The Balaban J connectivity index is -0.00000420. The van der Waals surface area contributed by atoms with Gasteiger partial charge in [-0.05, 0) is 12.8 Å². The molecule has 0 bridgehead atoms. The molecule has 0 aromatic rings. The minimum absolute atomic E-state index is 0. The summed E-state index contributed by atoms with van der Waals surface area (Å²) >= 11 is 0. The van der Waals surface area contributed by atoms with Crippen molar-refractivity contribution in [3.05, 3.63) is 0 Å². The molecule has 0 heterocycles. The van der Waals surface area contributed by atoms with Gasteiger partial charge in [0.25, 0.3) is 0 Å². The summed E-state index contributed by atoms with van der Waals surface area (Å²) in [5.41, 5.74) is 0. The summed E-state index contributed by atoms with van der Waals surface area (Å²) in [5.74, 6) is -2.77. The Kier molecular flexibility index (Phi) is 27.6. The van der Waals surface area contributed by atoms with Crippen LogP contribution in [-0.2, 0) is 19.7 Å². The van der Waals surface area contributed by atoms with E-state index in [1.54, 1.807) is 0 Å². The molecular formula is C22H41NNa2O6S. The third-order valence-corrected chi connectivity index (χ3v) is 6.45. The second-order valence-electron chi connectivity index (χ2n) is 8.24. The van der Waals surface area contributed by atoms with Crippen molar-refractivity contribution in [3.63, 3.8) is 0 Å². The molecule has 0 aromatic heterocycles. The van der Waals surface area contributed by atoms with Crippen LogP contribution in [0.5, 0.6) is 0 Å². The predicted octanol–water partition coefficient (Wildman–Crippen LogP) is -2.58. The molecule has 0 aliphatic heterocycles. The molecular weight excluding hydrogens is 452 g/mol. The molecule has 0 aliphatic rings. The summed E-state index contributed by atoms with van der Waals surface area (Å²) in [6.07, 6.45) is 16.4. The number of amides is 1. The van der Waals surface area contributed by atoms with Crippen LogP contribution in [0.4, 0.5) is 0 Å². The van der Waals surface area contributed by atoms with Crippen LogP contribution in [0.15, 0.2) is 0 Å². The Morgan fingerprint density at radius 3 is 1.56 bits per heavy atom. The SMILES string of the molecule is CCCCCCCCCCCCCCC(CCC)NC(=O)CC(C(=O)[O-])S(=O)(=O)[O-].[Na+].[Na+]. The Morgan fingerprint density at radius 2 is 1.19 bits per heavy atom. The number of carboxylic acid groups (broad SMARTS) is 1. The van der Waals surface area contributed by atoms with Gasteiger partial charge in [0.05, 0.1) is 11.2 Å². The molecule has 1 N–H and O–H groups in total. The minimum atomic E-state index is -5.12. The van der Waals surface area contributed by atoms with E-state index in [0.29, 0.717) is 0 Å². The number of unbranched alkanes of at least 4 members (excludes halogenated alkanes) is 11. The van der Waals surface area contributed by atoms with E-state index in [9.17, 15) is 27.7 Å². The maximum Gasteiger partial charge on any atom is 1.00 e. The number of carbonyl (C=O) groups excluding carboxylic acids is 2. The van der Waals surface area contributed by atoms with Crippen LogP contribution in [0.3, 0.4) is 0 Å². The molecule has 0 spiro atoms. The van der Waals surface area contributed by atoms with E-state index in [-0.39, 0.29) is 65.2 Å². The number of hydrogen-bond donors (Lipinski definition) is 1. The molecule has 0 saturated heterocycles. The first-order chi connectivity index (χ1) is 14.2. The maximum atomic E-state index is 12.0. The minimum Gasteiger partial charge on any atom is -0.747 e. The Bertz CT molecular complexity index is 575. The molecule has 2 atom stereocenters. The maximum absolute atomic E-state index is 12.0. The number of carbonyl (C=O) groups is 2. The van der Waals surface area contributed by atoms with Crippen molar-refractivity contribution in [1.82, 2.24) is 5.32 Å². The van der Waals surface area contributed by atoms with E-state index in [4.69, 9.17) is 0 Å². The van der Waals surface area contributed by atoms with Gasteiger partial charge in [-0.15, -0.1) is 0 Å². The third-order valence-electron chi connectivity index (χ3n) is 5.39. The zero-order valence-corrected chi connectivity index (χ0v) is 25.6. The van der Waals surface area contributed by atoms with Crippen molar-refractivity contribution in [1.29, 1.82) is 0 Å². The first-order valence-corrected chi connectivity index (χ1v) is 13.1. The molecule has 0 radical (unpaired) electrons. The van der Waals surface area contributed by atoms with Crippen LogP contribution in [0.2, 0.25) is 0 Å². The van der Waals surface area contributed by atoms with E-state index < -0.39 is 33.7 Å². The fraction of sp³-hybridized carbons (Fsp3) is 0.909. The molecule has 7 nitrogen and oxygen atoms in total. The number of carboxylic acids is 1. The van der Waals surface area contributed by atoms with Gasteiger partial charge in [-0.2, -0.15) is 0 Å². The second-order valence-corrected chi connectivity index (χ2v) is 9.79. The predicted molar refractivity (Wildman–Crippen MR) is 116 cm³/mol. The molecule has 0 saturated carbocycles. The van der Waals surface area contributed by atoms with Gasteiger partial charge in [0, 0.05) is 12.5 Å². The van der Waals surface area contributed by atoms with Crippen molar-refractivity contribution in [2.45, 2.75) is 128 Å². The summed E-state index contributed by atoms with van der Waals surface area (Å²) in [6.45, 7) is 4.21. The summed E-state index contributed by atoms with van der Waals surface area (Å²) in [7, 11) is -5.12. The van der Waals surface area contributed by atoms with E-state index in [0.717, 1.165) is 38.5 Å². The molecule has 10 heteroatoms. The van der Waals surface area contributed by atoms with Crippen LogP contribution in [0, 0.1) is 0 Å². The summed E-state index contributed by atoms with van der Waals surface area (Å²) < 4.78 is 32.9. The monoisotopic (exact) mass is 493 g/mol. The number of aliphatic carboxylic acids is 1. The molecule has 0 rings (SSSR count). The van der Waals surface area contributed by atoms with Crippen molar-refractivity contribution < 1.29 is 86.8 Å². The van der Waals surface area contributed by atoms with Crippen molar-refractivity contribution in [2.75, 3.05) is 0 Å². The standard InChI is InChI=1S/C22H43NO6S.2Na/c1-3-5-6-7-8-9-10-11-12-13-14-15-17-19(16-4-2)23-21(24)18-20(22(25)26)30(27,28)29;;/h19-20H,3-18H2,1-2H3,(H,23,24)(H,25,26)(H,27,28,29);;/q;2*+1/p-2. The fourth-order valence-corrected chi connectivity index (χ4v) is 4.22. The molecule has 1 amide bonds. The van der Waals surface area contributed by atoms with Gasteiger partial charge >= 0.3 is 59.1 Å². The van der Waals surface area contributed by atoms with E-state index in [2.05, 4.69) is 12.2 Å². The zero-order chi connectivity index (χ0) is 22.8. The van der Waals surface area contributed by atoms with Gasteiger partial charge in [-0.25, -0.2) is 8.42 Å². The first-order valence-electron chi connectivity index (χ1n) is 11.7. The van der Waals surface area contributed by atoms with Gasteiger partial charge in [0.2, 0.25) is 5.91 Å². The van der Waals surface area contributed by atoms with Gasteiger partial charge < -0.3 is 19.8 Å². The largest absolute Gasteiger partial charge is 1.00 e. The summed E-state index contributed by atoms with van der Waals surface area (Å²) in [4.78, 5) is 22.8. The smallest absolute Gasteiger partial charge is 0.747 e. The molecule has 178 valence electrons. The average Bonchev–Trinajstić information content (AvgIpc) is 2.66. The van der Waals surface area contributed by atoms with Gasteiger partial charge in [-0.1, -0.05) is 97.3 Å². The Labute approximate surface area is 240 Å². The third kappa shape index (κ3) is 21.4. The van der Waals surface area contributed by atoms with E-state index in [1.165, 1.54) is 57.8 Å². The molecule has 0 fully saturated rings. The van der Waals surface area contributed by atoms with E-state index >= 15 is 0 Å². The molecule has 0 aromatic carbocycles. The zero-order valence-electron chi connectivity index (χ0n) is 20.8. The Morgan fingerprint density at radius 1 is 0.750 bits per heavy atom. The number of rotatable bonds is 20. The van der Waals surface area contributed by atoms with E-state index in [1.807, 2.05) is 6.92 Å².